The molecule has 0 radical (unpaired) electrons. The third kappa shape index (κ3) is 3.68. The molecule has 196 valence electrons. The molecule has 0 fully saturated rings. The number of allylic oxidation sites excluding steroid dienone is 2. The molecule has 0 aliphatic carbocycles. The Balaban J connectivity index is 1.28. The minimum atomic E-state index is 0.848. The molecule has 0 bridgehead atoms. The first-order valence-corrected chi connectivity index (χ1v) is 14.1. The van der Waals surface area contributed by atoms with E-state index in [1.165, 1.54) is 44.3 Å². The summed E-state index contributed by atoms with van der Waals surface area (Å²) in [6.45, 7) is 5.19. The van der Waals surface area contributed by atoms with Crippen molar-refractivity contribution in [2.24, 2.45) is 9.98 Å². The third-order valence-corrected chi connectivity index (χ3v) is 8.47. The summed E-state index contributed by atoms with van der Waals surface area (Å²) < 4.78 is 0. The molecule has 1 aromatic heterocycles. The predicted molar refractivity (Wildman–Crippen MR) is 172 cm³/mol. The van der Waals surface area contributed by atoms with Gasteiger partial charge in [0, 0.05) is 62.7 Å². The van der Waals surface area contributed by atoms with Gasteiger partial charge in [0.25, 0.3) is 0 Å². The summed E-state index contributed by atoms with van der Waals surface area (Å²) >= 11 is 0. The lowest BCUT2D eigenvalue weighted by Gasteiger charge is -2.09. The van der Waals surface area contributed by atoms with Crippen molar-refractivity contribution < 1.29 is 0 Å². The van der Waals surface area contributed by atoms with Gasteiger partial charge >= 0.3 is 0 Å². The fourth-order valence-electron chi connectivity index (χ4n) is 6.40. The van der Waals surface area contributed by atoms with E-state index in [1.54, 1.807) is 0 Å². The van der Waals surface area contributed by atoms with Crippen LogP contribution in [0.3, 0.4) is 0 Å². The summed E-state index contributed by atoms with van der Waals surface area (Å²) in [4.78, 5) is 13.8. The SMILES string of the molecule is C/C(C1=N/C(=C\c2[nH]c(/C(C)=C3\N=Cc4ccccc43)c3ccccc23)c2ccccc21)=C1/NCc2ccccc21. The maximum Gasteiger partial charge on any atom is 0.0766 e. The van der Waals surface area contributed by atoms with Crippen LogP contribution in [0.1, 0.15) is 58.6 Å². The smallest absolute Gasteiger partial charge is 0.0766 e. The molecule has 0 atom stereocenters. The fraction of sp³-hybridized carbons (Fsp3) is 0.0811. The van der Waals surface area contributed by atoms with Crippen LogP contribution in [0.4, 0.5) is 0 Å². The van der Waals surface area contributed by atoms with Crippen LogP contribution >= 0.6 is 0 Å². The van der Waals surface area contributed by atoms with Crippen LogP contribution in [0.2, 0.25) is 0 Å². The Morgan fingerprint density at radius 3 is 2.24 bits per heavy atom. The highest BCUT2D eigenvalue weighted by atomic mass is 14.9. The summed E-state index contributed by atoms with van der Waals surface area (Å²) in [5, 5.41) is 5.98. The normalized spacial score (nSPS) is 18.3. The van der Waals surface area contributed by atoms with Crippen LogP contribution in [0.5, 0.6) is 0 Å². The van der Waals surface area contributed by atoms with Crippen molar-refractivity contribution in [1.29, 1.82) is 0 Å². The molecule has 3 aliphatic rings. The molecule has 0 amide bonds. The minimum Gasteiger partial charge on any atom is -0.380 e. The zero-order valence-corrected chi connectivity index (χ0v) is 23.0. The first-order valence-electron chi connectivity index (χ1n) is 14.1. The van der Waals surface area contributed by atoms with E-state index < -0.39 is 0 Å². The molecule has 0 spiro atoms. The van der Waals surface area contributed by atoms with Crippen LogP contribution in [-0.2, 0) is 6.54 Å². The first-order chi connectivity index (χ1) is 20.2. The quantitative estimate of drug-likeness (QED) is 0.243. The molecule has 0 unspecified atom stereocenters. The van der Waals surface area contributed by atoms with Crippen LogP contribution in [0.25, 0.3) is 39.5 Å². The molecule has 5 aromatic rings. The number of hydrogen-bond donors (Lipinski definition) is 2. The average Bonchev–Trinajstić information content (AvgIpc) is 3.80. The largest absolute Gasteiger partial charge is 0.380 e. The Kier molecular flexibility index (Phi) is 5.29. The van der Waals surface area contributed by atoms with E-state index in [0.29, 0.717) is 0 Å². The second-order valence-electron chi connectivity index (χ2n) is 10.8. The van der Waals surface area contributed by atoms with E-state index >= 15 is 0 Å². The lowest BCUT2D eigenvalue weighted by Crippen LogP contribution is -2.09. The van der Waals surface area contributed by atoms with Gasteiger partial charge in [0.15, 0.2) is 0 Å². The Morgan fingerprint density at radius 2 is 1.39 bits per heavy atom. The molecule has 0 saturated heterocycles. The lowest BCUT2D eigenvalue weighted by molar-refractivity contribution is 0.940. The van der Waals surface area contributed by atoms with Crippen molar-refractivity contribution in [3.8, 4) is 0 Å². The van der Waals surface area contributed by atoms with E-state index in [0.717, 1.165) is 51.7 Å². The number of aromatic nitrogens is 1. The number of nitrogens with one attached hydrogen (secondary N) is 2. The van der Waals surface area contributed by atoms with Crippen LogP contribution in [0, 0.1) is 0 Å². The topological polar surface area (TPSA) is 52.5 Å². The van der Waals surface area contributed by atoms with Gasteiger partial charge in [-0.1, -0.05) is 97.1 Å². The fourth-order valence-corrected chi connectivity index (χ4v) is 6.40. The van der Waals surface area contributed by atoms with Gasteiger partial charge < -0.3 is 10.3 Å². The Hall–Kier alpha value is -5.22. The molecule has 41 heavy (non-hydrogen) atoms. The Labute approximate surface area is 239 Å². The number of aromatic amines is 1. The van der Waals surface area contributed by atoms with Crippen LogP contribution in [0.15, 0.2) is 113 Å². The van der Waals surface area contributed by atoms with Crippen molar-refractivity contribution >= 4 is 51.4 Å². The molecule has 4 nitrogen and oxygen atoms in total. The van der Waals surface area contributed by atoms with E-state index in [1.807, 2.05) is 6.21 Å². The second kappa shape index (κ2) is 9.17. The molecule has 3 aliphatic heterocycles. The highest BCUT2D eigenvalue weighted by Gasteiger charge is 2.26. The molecular formula is C37H28N4. The number of fused-ring (bicyclic) bond motifs is 4. The summed E-state index contributed by atoms with van der Waals surface area (Å²) in [7, 11) is 0. The predicted octanol–water partition coefficient (Wildman–Crippen LogP) is 8.32. The minimum absolute atomic E-state index is 0.848. The van der Waals surface area contributed by atoms with Crippen LogP contribution in [-0.4, -0.2) is 16.9 Å². The number of rotatable bonds is 3. The van der Waals surface area contributed by atoms with Gasteiger partial charge in [0.1, 0.15) is 0 Å². The monoisotopic (exact) mass is 528 g/mol. The van der Waals surface area contributed by atoms with Crippen molar-refractivity contribution in [2.45, 2.75) is 20.4 Å². The van der Waals surface area contributed by atoms with Gasteiger partial charge in [0.05, 0.1) is 22.8 Å². The number of H-pyrrole nitrogens is 1. The van der Waals surface area contributed by atoms with Gasteiger partial charge in [-0.25, -0.2) is 4.99 Å². The molecular weight excluding hydrogens is 500 g/mol. The van der Waals surface area contributed by atoms with Gasteiger partial charge in [-0.15, -0.1) is 0 Å². The van der Waals surface area contributed by atoms with Crippen molar-refractivity contribution in [1.82, 2.24) is 10.3 Å². The van der Waals surface area contributed by atoms with Gasteiger partial charge in [-0.05, 0) is 36.6 Å². The Bertz CT molecular complexity index is 2060. The maximum absolute atomic E-state index is 5.26. The summed E-state index contributed by atoms with van der Waals surface area (Å²) in [5.41, 5.74) is 15.9. The van der Waals surface area contributed by atoms with E-state index in [4.69, 9.17) is 9.98 Å². The highest BCUT2D eigenvalue weighted by molar-refractivity contribution is 6.24. The van der Waals surface area contributed by atoms with Gasteiger partial charge in [-0.3, -0.25) is 4.99 Å². The Morgan fingerprint density at radius 1 is 0.707 bits per heavy atom. The van der Waals surface area contributed by atoms with Gasteiger partial charge in [-0.2, -0.15) is 0 Å². The van der Waals surface area contributed by atoms with E-state index in [2.05, 4.69) is 127 Å². The molecule has 8 rings (SSSR count). The van der Waals surface area contributed by atoms with Crippen molar-refractivity contribution in [2.75, 3.05) is 0 Å². The number of aliphatic imine (C=N–C) groups is 2. The van der Waals surface area contributed by atoms with E-state index in [-0.39, 0.29) is 0 Å². The van der Waals surface area contributed by atoms with Crippen LogP contribution < -0.4 is 5.32 Å². The summed E-state index contributed by atoms with van der Waals surface area (Å²) in [5.74, 6) is 0. The highest BCUT2D eigenvalue weighted by Crippen LogP contribution is 2.39. The zero-order chi connectivity index (χ0) is 27.5. The average molecular weight is 529 g/mol. The van der Waals surface area contributed by atoms with Gasteiger partial charge in [0.2, 0.25) is 0 Å². The molecule has 4 heteroatoms. The second-order valence-corrected chi connectivity index (χ2v) is 10.8. The molecule has 4 aromatic carbocycles. The van der Waals surface area contributed by atoms with Crippen molar-refractivity contribution in [3.05, 3.63) is 147 Å². The first kappa shape index (κ1) is 23.6. The van der Waals surface area contributed by atoms with E-state index in [9.17, 15) is 0 Å². The molecule has 4 heterocycles. The number of benzene rings is 4. The standard InChI is InChI=1S/C37H28N4/c1-22(34-26-13-5-3-11-24(26)20-38-34)36-30-17-9-7-15-28(30)32(40-36)19-33-29-16-8-10-18-31(29)37(41-33)23(2)35-27-14-6-4-12-25(27)21-39-35/h3-20,39-40H,21H2,1-2H3/b33-19-,34-22-,35-23-. The summed E-state index contributed by atoms with van der Waals surface area (Å²) in [6.07, 6.45) is 4.16. The lowest BCUT2D eigenvalue weighted by atomic mass is 9.96. The number of nitrogens with zero attached hydrogens (tertiary/aromatic N) is 2. The molecule has 2 N–H and O–H groups in total. The maximum atomic E-state index is 5.26. The van der Waals surface area contributed by atoms with Crippen molar-refractivity contribution in [3.63, 3.8) is 0 Å². The zero-order valence-electron chi connectivity index (χ0n) is 23.0. The molecule has 0 saturated carbocycles. The number of hydrogen-bond acceptors (Lipinski definition) is 3. The third-order valence-electron chi connectivity index (χ3n) is 8.47. The summed E-state index contributed by atoms with van der Waals surface area (Å²) in [6, 6.07) is 34.1.